The average Bonchev–Trinajstić information content (AvgIpc) is 2.11. The summed E-state index contributed by atoms with van der Waals surface area (Å²) in [4.78, 5) is 20.6. The molecule has 2 amide bonds. The molecule has 0 saturated heterocycles. The van der Waals surface area contributed by atoms with Crippen LogP contribution in [-0.2, 0) is 9.59 Å². The molecule has 0 spiro atoms. The predicted octanol–water partition coefficient (Wildman–Crippen LogP) is -0.890. The van der Waals surface area contributed by atoms with Gasteiger partial charge in [-0.15, -0.1) is 0 Å². The Balaban J connectivity index is 3.81. The van der Waals surface area contributed by atoms with E-state index in [9.17, 15) is 9.59 Å². The highest BCUT2D eigenvalue weighted by molar-refractivity contribution is 5.88. The standard InChI is InChI=1S/C6H8N2O4/c9-5(7-11)3-1-2-4-6(10)8-12/h1-4,11-12H,(H,7,9)(H,8,10)/b3-1+,4-2+. The number of hydrogen-bond acceptors (Lipinski definition) is 4. The zero-order valence-electron chi connectivity index (χ0n) is 6.02. The number of carbonyl (C=O) groups excluding carboxylic acids is 2. The summed E-state index contributed by atoms with van der Waals surface area (Å²) in [5.41, 5.74) is 2.72. The van der Waals surface area contributed by atoms with Crippen LogP contribution in [0.4, 0.5) is 0 Å². The summed E-state index contributed by atoms with van der Waals surface area (Å²) in [6.07, 6.45) is 4.45. The monoisotopic (exact) mass is 172 g/mol. The van der Waals surface area contributed by atoms with E-state index >= 15 is 0 Å². The number of allylic oxidation sites excluding steroid dienone is 2. The molecule has 0 aromatic heterocycles. The third kappa shape index (κ3) is 5.15. The Hall–Kier alpha value is -1.66. The molecule has 0 atom stereocenters. The highest BCUT2D eigenvalue weighted by Gasteiger charge is 1.88. The van der Waals surface area contributed by atoms with Crippen LogP contribution in [0.25, 0.3) is 0 Å². The minimum Gasteiger partial charge on any atom is -0.288 e. The maximum absolute atomic E-state index is 10.3. The lowest BCUT2D eigenvalue weighted by Gasteiger charge is -1.86. The van der Waals surface area contributed by atoms with E-state index in [1.807, 2.05) is 0 Å². The largest absolute Gasteiger partial charge is 0.288 e. The maximum atomic E-state index is 10.3. The second-order valence-corrected chi connectivity index (χ2v) is 1.67. The Labute approximate surface area is 68.1 Å². The predicted molar refractivity (Wildman–Crippen MR) is 38.1 cm³/mol. The van der Waals surface area contributed by atoms with E-state index in [1.165, 1.54) is 23.1 Å². The van der Waals surface area contributed by atoms with Gasteiger partial charge in [-0.3, -0.25) is 20.0 Å². The van der Waals surface area contributed by atoms with E-state index in [0.717, 1.165) is 12.2 Å². The Morgan fingerprint density at radius 2 is 1.25 bits per heavy atom. The number of hydrogen-bond donors (Lipinski definition) is 4. The van der Waals surface area contributed by atoms with Crippen LogP contribution in [0.15, 0.2) is 24.3 Å². The highest BCUT2D eigenvalue weighted by Crippen LogP contribution is 1.77. The van der Waals surface area contributed by atoms with Crippen molar-refractivity contribution < 1.29 is 20.0 Å². The van der Waals surface area contributed by atoms with Crippen LogP contribution >= 0.6 is 0 Å². The molecule has 0 aromatic rings. The molecule has 4 N–H and O–H groups in total. The first-order chi connectivity index (χ1) is 5.70. The first-order valence-electron chi connectivity index (χ1n) is 2.93. The third-order valence-electron chi connectivity index (χ3n) is 0.827. The molecule has 0 aromatic carbocycles. The lowest BCUT2D eigenvalue weighted by Crippen LogP contribution is -2.15. The van der Waals surface area contributed by atoms with Crippen molar-refractivity contribution in [3.8, 4) is 0 Å². The molecule has 0 unspecified atom stereocenters. The van der Waals surface area contributed by atoms with Gasteiger partial charge in [0.2, 0.25) is 0 Å². The normalized spacial score (nSPS) is 10.5. The number of rotatable bonds is 3. The van der Waals surface area contributed by atoms with Crippen molar-refractivity contribution in [2.75, 3.05) is 0 Å². The molecule has 0 heterocycles. The Morgan fingerprint density at radius 3 is 1.50 bits per heavy atom. The van der Waals surface area contributed by atoms with Crippen molar-refractivity contribution >= 4 is 11.8 Å². The van der Waals surface area contributed by atoms with Gasteiger partial charge in [0.15, 0.2) is 0 Å². The van der Waals surface area contributed by atoms with Gasteiger partial charge in [0.25, 0.3) is 11.8 Å². The quantitative estimate of drug-likeness (QED) is 0.192. The van der Waals surface area contributed by atoms with Crippen molar-refractivity contribution in [3.63, 3.8) is 0 Å². The molecular formula is C6H8N2O4. The summed E-state index contributed by atoms with van der Waals surface area (Å²) >= 11 is 0. The van der Waals surface area contributed by atoms with Crippen LogP contribution in [0.3, 0.4) is 0 Å². The molecule has 0 aliphatic carbocycles. The molecule has 0 saturated carbocycles. The van der Waals surface area contributed by atoms with Gasteiger partial charge in [-0.25, -0.2) is 11.0 Å². The lowest BCUT2D eigenvalue weighted by molar-refractivity contribution is -0.124. The molecule has 0 fully saturated rings. The SMILES string of the molecule is O=C(/C=C/C=C/C(=O)NO)NO. The Kier molecular flexibility index (Phi) is 5.24. The van der Waals surface area contributed by atoms with Gasteiger partial charge in [0, 0.05) is 12.2 Å². The van der Waals surface area contributed by atoms with E-state index in [1.54, 1.807) is 0 Å². The summed E-state index contributed by atoms with van der Waals surface area (Å²) in [6, 6.07) is 0. The van der Waals surface area contributed by atoms with Crippen LogP contribution in [0, 0.1) is 0 Å². The van der Waals surface area contributed by atoms with Gasteiger partial charge in [-0.2, -0.15) is 0 Å². The van der Waals surface area contributed by atoms with Gasteiger partial charge >= 0.3 is 0 Å². The fourth-order valence-corrected chi connectivity index (χ4v) is 0.360. The van der Waals surface area contributed by atoms with Crippen molar-refractivity contribution in [2.24, 2.45) is 0 Å². The number of carbonyl (C=O) groups is 2. The number of nitrogens with one attached hydrogen (secondary N) is 2. The average molecular weight is 172 g/mol. The second-order valence-electron chi connectivity index (χ2n) is 1.67. The topological polar surface area (TPSA) is 98.7 Å². The summed E-state index contributed by atoms with van der Waals surface area (Å²) in [5.74, 6) is -1.41. The molecule has 6 heteroatoms. The van der Waals surface area contributed by atoms with Crippen LogP contribution < -0.4 is 11.0 Å². The van der Waals surface area contributed by atoms with Gasteiger partial charge < -0.3 is 0 Å². The smallest absolute Gasteiger partial charge is 0.267 e. The molecule has 0 radical (unpaired) electrons. The van der Waals surface area contributed by atoms with E-state index < -0.39 is 11.8 Å². The molecule has 0 rings (SSSR count). The number of amides is 2. The molecule has 0 aliphatic rings. The van der Waals surface area contributed by atoms with Crippen LogP contribution in [0.5, 0.6) is 0 Å². The fraction of sp³-hybridized carbons (Fsp3) is 0. The highest BCUT2D eigenvalue weighted by atomic mass is 16.5. The lowest BCUT2D eigenvalue weighted by atomic mass is 10.4. The molecule has 6 nitrogen and oxygen atoms in total. The van der Waals surface area contributed by atoms with Crippen LogP contribution in [-0.4, -0.2) is 22.2 Å². The summed E-state index contributed by atoms with van der Waals surface area (Å²) < 4.78 is 0. The second kappa shape index (κ2) is 6.08. The minimum absolute atomic E-state index is 0.705. The molecule has 0 bridgehead atoms. The molecule has 0 aliphatic heterocycles. The Morgan fingerprint density at radius 1 is 0.917 bits per heavy atom. The number of hydroxylamine groups is 2. The Bertz CT molecular complexity index is 198. The fourth-order valence-electron chi connectivity index (χ4n) is 0.360. The third-order valence-corrected chi connectivity index (χ3v) is 0.827. The van der Waals surface area contributed by atoms with Crippen molar-refractivity contribution in [1.82, 2.24) is 11.0 Å². The van der Waals surface area contributed by atoms with Crippen molar-refractivity contribution in [3.05, 3.63) is 24.3 Å². The van der Waals surface area contributed by atoms with Gasteiger partial charge in [0.1, 0.15) is 0 Å². The molecular weight excluding hydrogens is 164 g/mol. The first-order valence-corrected chi connectivity index (χ1v) is 2.93. The first kappa shape index (κ1) is 10.3. The van der Waals surface area contributed by atoms with Crippen molar-refractivity contribution in [1.29, 1.82) is 0 Å². The zero-order valence-corrected chi connectivity index (χ0v) is 6.02. The molecule has 12 heavy (non-hydrogen) atoms. The summed E-state index contributed by atoms with van der Waals surface area (Å²) in [6.45, 7) is 0. The van der Waals surface area contributed by atoms with Crippen LogP contribution in [0.2, 0.25) is 0 Å². The minimum atomic E-state index is -0.705. The summed E-state index contributed by atoms with van der Waals surface area (Å²) in [7, 11) is 0. The van der Waals surface area contributed by atoms with E-state index in [2.05, 4.69) is 0 Å². The zero-order chi connectivity index (χ0) is 9.40. The van der Waals surface area contributed by atoms with Crippen LogP contribution in [0.1, 0.15) is 0 Å². The molecule has 66 valence electrons. The van der Waals surface area contributed by atoms with Gasteiger partial charge in [-0.1, -0.05) is 12.2 Å². The van der Waals surface area contributed by atoms with Gasteiger partial charge in [0.05, 0.1) is 0 Å². The van der Waals surface area contributed by atoms with Gasteiger partial charge in [-0.05, 0) is 0 Å². The van der Waals surface area contributed by atoms with E-state index in [0.29, 0.717) is 0 Å². The maximum Gasteiger partial charge on any atom is 0.267 e. The van der Waals surface area contributed by atoms with E-state index in [4.69, 9.17) is 10.4 Å². The van der Waals surface area contributed by atoms with Crippen molar-refractivity contribution in [2.45, 2.75) is 0 Å². The van der Waals surface area contributed by atoms with E-state index in [-0.39, 0.29) is 0 Å². The summed E-state index contributed by atoms with van der Waals surface area (Å²) in [5, 5.41) is 16.0.